The predicted octanol–water partition coefficient (Wildman–Crippen LogP) is 1.39. The third-order valence-electron chi connectivity index (χ3n) is 3.91. The molecule has 21 heavy (non-hydrogen) atoms. The van der Waals surface area contributed by atoms with Crippen molar-refractivity contribution < 1.29 is 14.7 Å². The van der Waals surface area contributed by atoms with Crippen molar-refractivity contribution in [2.24, 2.45) is 11.3 Å². The van der Waals surface area contributed by atoms with Crippen LogP contribution in [-0.4, -0.2) is 36.1 Å². The SMILES string of the molecule is CC(C)C(NC(=O)c1cccs1)C(=O)NCC1(CO)CC1. The number of thiophene rings is 1. The Labute approximate surface area is 128 Å². The van der Waals surface area contributed by atoms with E-state index < -0.39 is 6.04 Å². The Bertz CT molecular complexity index is 495. The largest absolute Gasteiger partial charge is 0.396 e. The summed E-state index contributed by atoms with van der Waals surface area (Å²) < 4.78 is 0. The monoisotopic (exact) mass is 310 g/mol. The maximum absolute atomic E-state index is 12.3. The Morgan fingerprint density at radius 2 is 2.14 bits per heavy atom. The summed E-state index contributed by atoms with van der Waals surface area (Å²) in [6, 6.07) is 2.98. The summed E-state index contributed by atoms with van der Waals surface area (Å²) in [6.07, 6.45) is 1.88. The summed E-state index contributed by atoms with van der Waals surface area (Å²) in [5.74, 6) is -0.407. The van der Waals surface area contributed by atoms with Gasteiger partial charge >= 0.3 is 0 Å². The molecule has 2 amide bonds. The fourth-order valence-corrected chi connectivity index (χ4v) is 2.73. The van der Waals surface area contributed by atoms with Gasteiger partial charge in [-0.1, -0.05) is 19.9 Å². The number of aliphatic hydroxyl groups is 1. The summed E-state index contributed by atoms with van der Waals surface area (Å²) in [6.45, 7) is 4.37. The van der Waals surface area contributed by atoms with Crippen LogP contribution in [-0.2, 0) is 4.79 Å². The smallest absolute Gasteiger partial charge is 0.262 e. The second-order valence-electron chi connectivity index (χ2n) is 6.05. The number of aliphatic hydroxyl groups excluding tert-OH is 1. The zero-order valence-corrected chi connectivity index (χ0v) is 13.2. The van der Waals surface area contributed by atoms with E-state index in [0.717, 1.165) is 12.8 Å². The van der Waals surface area contributed by atoms with Crippen molar-refractivity contribution in [3.8, 4) is 0 Å². The van der Waals surface area contributed by atoms with Crippen LogP contribution >= 0.6 is 11.3 Å². The summed E-state index contributed by atoms with van der Waals surface area (Å²) in [5, 5.41) is 16.7. The van der Waals surface area contributed by atoms with Crippen LogP contribution in [0.2, 0.25) is 0 Å². The molecule has 1 aliphatic carbocycles. The van der Waals surface area contributed by atoms with Crippen LogP contribution in [0.5, 0.6) is 0 Å². The van der Waals surface area contributed by atoms with Gasteiger partial charge in [0.05, 0.1) is 11.5 Å². The highest BCUT2D eigenvalue weighted by Crippen LogP contribution is 2.44. The quantitative estimate of drug-likeness (QED) is 0.712. The molecule has 5 nitrogen and oxygen atoms in total. The molecule has 1 aromatic rings. The number of amides is 2. The zero-order chi connectivity index (χ0) is 15.5. The molecule has 3 N–H and O–H groups in total. The lowest BCUT2D eigenvalue weighted by Crippen LogP contribution is -2.50. The van der Waals surface area contributed by atoms with Crippen molar-refractivity contribution in [1.29, 1.82) is 0 Å². The van der Waals surface area contributed by atoms with E-state index in [0.29, 0.717) is 11.4 Å². The summed E-state index contributed by atoms with van der Waals surface area (Å²) in [4.78, 5) is 24.9. The Morgan fingerprint density at radius 1 is 1.43 bits per heavy atom. The van der Waals surface area contributed by atoms with Gasteiger partial charge in [0.15, 0.2) is 0 Å². The lowest BCUT2D eigenvalue weighted by Gasteiger charge is -2.23. The highest BCUT2D eigenvalue weighted by atomic mass is 32.1. The molecular formula is C15H22N2O3S. The van der Waals surface area contributed by atoms with Gasteiger partial charge in [-0.2, -0.15) is 0 Å². The molecule has 0 aliphatic heterocycles. The number of hydrogen-bond acceptors (Lipinski definition) is 4. The van der Waals surface area contributed by atoms with Gasteiger partial charge in [0, 0.05) is 12.0 Å². The molecule has 1 aliphatic rings. The van der Waals surface area contributed by atoms with Crippen molar-refractivity contribution >= 4 is 23.2 Å². The van der Waals surface area contributed by atoms with Crippen molar-refractivity contribution in [3.05, 3.63) is 22.4 Å². The van der Waals surface area contributed by atoms with E-state index in [1.165, 1.54) is 11.3 Å². The summed E-state index contributed by atoms with van der Waals surface area (Å²) in [7, 11) is 0. The van der Waals surface area contributed by atoms with Crippen molar-refractivity contribution in [2.45, 2.75) is 32.7 Å². The first-order valence-electron chi connectivity index (χ1n) is 7.20. The number of carbonyl (C=O) groups excluding carboxylic acids is 2. The van der Waals surface area contributed by atoms with Crippen molar-refractivity contribution in [3.63, 3.8) is 0 Å². The highest BCUT2D eigenvalue weighted by molar-refractivity contribution is 7.12. The van der Waals surface area contributed by atoms with Crippen LogP contribution in [0.15, 0.2) is 17.5 Å². The predicted molar refractivity (Wildman–Crippen MR) is 82.2 cm³/mol. The Kier molecular flexibility index (Phi) is 5.00. The average Bonchev–Trinajstić information content (AvgIpc) is 3.03. The summed E-state index contributed by atoms with van der Waals surface area (Å²) >= 11 is 1.35. The van der Waals surface area contributed by atoms with Gasteiger partial charge in [0.25, 0.3) is 5.91 Å². The van der Waals surface area contributed by atoms with E-state index in [1.807, 2.05) is 25.3 Å². The average molecular weight is 310 g/mol. The first kappa shape index (κ1) is 16.0. The van der Waals surface area contributed by atoms with E-state index in [4.69, 9.17) is 0 Å². The Morgan fingerprint density at radius 3 is 2.62 bits per heavy atom. The molecule has 1 heterocycles. The fourth-order valence-electron chi connectivity index (χ4n) is 2.11. The molecule has 1 atom stereocenters. The van der Waals surface area contributed by atoms with E-state index >= 15 is 0 Å². The van der Waals surface area contributed by atoms with Gasteiger partial charge < -0.3 is 15.7 Å². The summed E-state index contributed by atoms with van der Waals surface area (Å²) in [5.41, 5.74) is -0.130. The molecule has 116 valence electrons. The van der Waals surface area contributed by atoms with Crippen LogP contribution in [0, 0.1) is 11.3 Å². The lowest BCUT2D eigenvalue weighted by atomic mass is 10.0. The Balaban J connectivity index is 1.91. The van der Waals surface area contributed by atoms with Crippen molar-refractivity contribution in [1.82, 2.24) is 10.6 Å². The normalized spacial score (nSPS) is 17.3. The molecule has 1 fully saturated rings. The van der Waals surface area contributed by atoms with Gasteiger partial charge in [-0.3, -0.25) is 9.59 Å². The second kappa shape index (κ2) is 6.58. The van der Waals surface area contributed by atoms with Crippen LogP contribution in [0.1, 0.15) is 36.4 Å². The van der Waals surface area contributed by atoms with Crippen molar-refractivity contribution in [2.75, 3.05) is 13.2 Å². The number of nitrogens with one attached hydrogen (secondary N) is 2. The topological polar surface area (TPSA) is 78.4 Å². The zero-order valence-electron chi connectivity index (χ0n) is 12.4. The van der Waals surface area contributed by atoms with Crippen LogP contribution < -0.4 is 10.6 Å². The third kappa shape index (κ3) is 4.04. The molecular weight excluding hydrogens is 288 g/mol. The molecule has 1 saturated carbocycles. The third-order valence-corrected chi connectivity index (χ3v) is 4.78. The molecule has 1 unspecified atom stereocenters. The molecule has 0 radical (unpaired) electrons. The molecule has 0 saturated heterocycles. The van der Waals surface area contributed by atoms with Gasteiger partial charge in [-0.15, -0.1) is 11.3 Å². The van der Waals surface area contributed by atoms with Gasteiger partial charge in [-0.05, 0) is 30.2 Å². The first-order valence-corrected chi connectivity index (χ1v) is 8.08. The minimum absolute atomic E-state index is 0.00167. The van der Waals surface area contributed by atoms with E-state index in [9.17, 15) is 14.7 Å². The Hall–Kier alpha value is -1.40. The molecule has 0 aromatic carbocycles. The number of rotatable bonds is 7. The standard InChI is InChI=1S/C15H22N2O3S/c1-10(2)12(17-13(19)11-4-3-7-21-11)14(20)16-8-15(9-18)5-6-15/h3-4,7,10,12,18H,5-6,8-9H2,1-2H3,(H,16,20)(H,17,19). The van der Waals surface area contributed by atoms with Gasteiger partial charge in [-0.25, -0.2) is 0 Å². The second-order valence-corrected chi connectivity index (χ2v) is 7.00. The van der Waals surface area contributed by atoms with E-state index in [1.54, 1.807) is 6.07 Å². The number of carbonyl (C=O) groups is 2. The first-order chi connectivity index (χ1) is 9.97. The van der Waals surface area contributed by atoms with E-state index in [2.05, 4.69) is 10.6 Å². The molecule has 2 rings (SSSR count). The maximum atomic E-state index is 12.3. The highest BCUT2D eigenvalue weighted by Gasteiger charge is 2.42. The fraction of sp³-hybridized carbons (Fsp3) is 0.600. The number of hydrogen-bond donors (Lipinski definition) is 3. The minimum Gasteiger partial charge on any atom is -0.396 e. The molecule has 6 heteroatoms. The van der Waals surface area contributed by atoms with Crippen LogP contribution in [0.25, 0.3) is 0 Å². The molecule has 1 aromatic heterocycles. The van der Waals surface area contributed by atoms with E-state index in [-0.39, 0.29) is 29.8 Å². The molecule has 0 bridgehead atoms. The molecule has 0 spiro atoms. The van der Waals surface area contributed by atoms with Gasteiger partial charge in [0.1, 0.15) is 6.04 Å². The van der Waals surface area contributed by atoms with Crippen LogP contribution in [0.4, 0.5) is 0 Å². The van der Waals surface area contributed by atoms with Crippen LogP contribution in [0.3, 0.4) is 0 Å². The minimum atomic E-state index is -0.561. The maximum Gasteiger partial charge on any atom is 0.262 e. The lowest BCUT2D eigenvalue weighted by molar-refractivity contribution is -0.124. The van der Waals surface area contributed by atoms with Gasteiger partial charge in [0.2, 0.25) is 5.91 Å².